The summed E-state index contributed by atoms with van der Waals surface area (Å²) in [6, 6.07) is 6.07. The Kier molecular flexibility index (Phi) is 6.99. The Morgan fingerprint density at radius 2 is 2.00 bits per heavy atom. The summed E-state index contributed by atoms with van der Waals surface area (Å²) in [5, 5.41) is 6.61. The van der Waals surface area contributed by atoms with E-state index in [9.17, 15) is 22.5 Å². The van der Waals surface area contributed by atoms with Crippen molar-refractivity contribution in [3.05, 3.63) is 47.7 Å². The summed E-state index contributed by atoms with van der Waals surface area (Å²) >= 11 is 0. The van der Waals surface area contributed by atoms with E-state index in [-0.39, 0.29) is 23.8 Å². The number of hydrogen-bond donors (Lipinski definition) is 4. The van der Waals surface area contributed by atoms with Crippen LogP contribution < -0.4 is 20.4 Å². The number of benzene rings is 1. The maximum absolute atomic E-state index is 12.8. The highest BCUT2D eigenvalue weighted by molar-refractivity contribution is 7.46. The first-order valence-corrected chi connectivity index (χ1v) is 11.9. The normalized spacial score (nSPS) is 20.1. The van der Waals surface area contributed by atoms with E-state index < -0.39 is 31.9 Å². The number of nitrogens with zero attached hydrogens (tertiary/aromatic N) is 3. The fourth-order valence-electron chi connectivity index (χ4n) is 3.81. The molecule has 1 amide bonds. The number of carbonyl (C=O) groups excluding carboxylic acids is 1. The van der Waals surface area contributed by atoms with Crippen LogP contribution in [0.3, 0.4) is 0 Å². The lowest BCUT2D eigenvalue weighted by molar-refractivity contribution is -0.274. The SMILES string of the molecule is O=C(Nc1ccc(OC(F)(F)F)cc1)c1cnc(N2CC[C@@H](OP(=O)(O)O)C2)c(C2CC=NN2)c1. The molecule has 35 heavy (non-hydrogen) atoms. The maximum atomic E-state index is 12.8. The van der Waals surface area contributed by atoms with Crippen molar-refractivity contribution < 1.29 is 41.6 Å². The molecule has 11 nitrogen and oxygen atoms in total. The number of phosphoric acid groups is 1. The molecule has 0 spiro atoms. The Morgan fingerprint density at radius 1 is 1.26 bits per heavy atom. The minimum atomic E-state index is -4.82. The average Bonchev–Trinajstić information content (AvgIpc) is 3.45. The van der Waals surface area contributed by atoms with Gasteiger partial charge in [0.25, 0.3) is 5.91 Å². The zero-order chi connectivity index (χ0) is 25.2. The Balaban J connectivity index is 1.50. The zero-order valence-corrected chi connectivity index (χ0v) is 18.9. The number of ether oxygens (including phenoxy) is 1. The van der Waals surface area contributed by atoms with Crippen LogP contribution in [0.5, 0.6) is 5.75 Å². The summed E-state index contributed by atoms with van der Waals surface area (Å²) in [6.45, 7) is 0.646. The molecule has 1 unspecified atom stereocenters. The molecule has 4 N–H and O–H groups in total. The molecule has 1 fully saturated rings. The van der Waals surface area contributed by atoms with Crippen LogP contribution >= 0.6 is 7.82 Å². The zero-order valence-electron chi connectivity index (χ0n) is 18.0. The molecule has 15 heteroatoms. The van der Waals surface area contributed by atoms with Gasteiger partial charge in [0.1, 0.15) is 11.6 Å². The number of phosphoric ester groups is 1. The predicted octanol–water partition coefficient (Wildman–Crippen LogP) is 2.94. The average molecular weight is 515 g/mol. The standard InChI is InChI=1S/C20H21F3N5O6P/c21-20(22,23)33-14-3-1-13(2-4-14)26-19(29)12-9-16(17-5-7-25-27-17)18(24-10-12)28-8-6-15(11-28)34-35(30,31)32/h1-4,7,9-10,15,17,27H,5-6,8,11H2,(H,26,29)(H2,30,31,32)/t15-,17?/m1/s1. The van der Waals surface area contributed by atoms with Crippen molar-refractivity contribution in [2.24, 2.45) is 5.10 Å². The van der Waals surface area contributed by atoms with E-state index in [0.717, 1.165) is 12.1 Å². The van der Waals surface area contributed by atoms with Crippen molar-refractivity contribution in [1.82, 2.24) is 10.4 Å². The third kappa shape index (κ3) is 6.69. The second-order valence-electron chi connectivity index (χ2n) is 7.84. The second kappa shape index (κ2) is 9.82. The molecule has 0 bridgehead atoms. The fourth-order valence-corrected chi connectivity index (χ4v) is 4.37. The highest BCUT2D eigenvalue weighted by atomic mass is 31.2. The summed E-state index contributed by atoms with van der Waals surface area (Å²) in [7, 11) is -4.63. The molecule has 4 rings (SSSR count). The first-order chi connectivity index (χ1) is 16.5. The third-order valence-corrected chi connectivity index (χ3v) is 5.84. The molecule has 0 saturated carbocycles. The molecule has 3 heterocycles. The summed E-state index contributed by atoms with van der Waals surface area (Å²) in [6.07, 6.45) is -1.54. The van der Waals surface area contributed by atoms with E-state index in [4.69, 9.17) is 14.3 Å². The number of carbonyl (C=O) groups is 1. The largest absolute Gasteiger partial charge is 0.573 e. The number of anilines is 2. The Labute approximate surface area is 197 Å². The van der Waals surface area contributed by atoms with Crippen molar-refractivity contribution in [3.8, 4) is 5.75 Å². The molecule has 2 atom stereocenters. The maximum Gasteiger partial charge on any atom is 0.573 e. The van der Waals surface area contributed by atoms with Crippen LogP contribution in [0.2, 0.25) is 0 Å². The van der Waals surface area contributed by atoms with Crippen molar-refractivity contribution in [2.75, 3.05) is 23.3 Å². The minimum Gasteiger partial charge on any atom is -0.406 e. The van der Waals surface area contributed by atoms with Gasteiger partial charge in [-0.05, 0) is 36.8 Å². The lowest BCUT2D eigenvalue weighted by atomic mass is 10.0. The van der Waals surface area contributed by atoms with Gasteiger partial charge in [0.15, 0.2) is 0 Å². The minimum absolute atomic E-state index is 0.204. The second-order valence-corrected chi connectivity index (χ2v) is 9.04. The van der Waals surface area contributed by atoms with Crippen molar-refractivity contribution >= 4 is 31.4 Å². The van der Waals surface area contributed by atoms with Crippen molar-refractivity contribution in [3.63, 3.8) is 0 Å². The topological polar surface area (TPSA) is 146 Å². The molecule has 1 saturated heterocycles. The number of alkyl halides is 3. The van der Waals surface area contributed by atoms with E-state index in [1.807, 2.05) is 4.90 Å². The van der Waals surface area contributed by atoms with Crippen LogP contribution in [0.15, 0.2) is 41.6 Å². The van der Waals surface area contributed by atoms with Gasteiger partial charge < -0.3 is 30.2 Å². The Morgan fingerprint density at radius 3 is 2.63 bits per heavy atom. The highest BCUT2D eigenvalue weighted by Gasteiger charge is 2.33. The van der Waals surface area contributed by atoms with Gasteiger partial charge in [-0.15, -0.1) is 13.2 Å². The molecule has 1 aromatic heterocycles. The number of aromatic nitrogens is 1. The van der Waals surface area contributed by atoms with Gasteiger partial charge in [-0.1, -0.05) is 0 Å². The first-order valence-electron chi connectivity index (χ1n) is 10.4. The lowest BCUT2D eigenvalue weighted by Gasteiger charge is -2.24. The Bertz CT molecular complexity index is 1150. The van der Waals surface area contributed by atoms with Crippen LogP contribution in [-0.2, 0) is 9.09 Å². The lowest BCUT2D eigenvalue weighted by Crippen LogP contribution is -2.27. The van der Waals surface area contributed by atoms with Crippen LogP contribution in [0.4, 0.5) is 24.7 Å². The van der Waals surface area contributed by atoms with Crippen molar-refractivity contribution in [2.45, 2.75) is 31.3 Å². The number of halogens is 3. The summed E-state index contributed by atoms with van der Waals surface area (Å²) in [5.74, 6) is -0.421. The van der Waals surface area contributed by atoms with Crippen LogP contribution in [0.1, 0.15) is 34.8 Å². The highest BCUT2D eigenvalue weighted by Crippen LogP contribution is 2.40. The monoisotopic (exact) mass is 515 g/mol. The number of rotatable bonds is 7. The number of hydrazone groups is 1. The summed E-state index contributed by atoms with van der Waals surface area (Å²) < 4.78 is 56.7. The van der Waals surface area contributed by atoms with Gasteiger partial charge in [0.05, 0.1) is 17.7 Å². The van der Waals surface area contributed by atoms with Crippen LogP contribution in [0, 0.1) is 0 Å². The van der Waals surface area contributed by atoms with E-state index in [0.29, 0.717) is 30.8 Å². The quantitative estimate of drug-likeness (QED) is 0.409. The van der Waals surface area contributed by atoms with Crippen molar-refractivity contribution in [1.29, 1.82) is 0 Å². The van der Waals surface area contributed by atoms with Crippen LogP contribution in [0.25, 0.3) is 0 Å². The molecular formula is C20H21F3N5O6P. The number of amides is 1. The number of nitrogens with one attached hydrogen (secondary N) is 2. The molecule has 2 aliphatic rings. The number of hydrogen-bond acceptors (Lipinski definition) is 8. The molecule has 0 aliphatic carbocycles. The van der Waals surface area contributed by atoms with Gasteiger partial charge >= 0.3 is 14.2 Å². The summed E-state index contributed by atoms with van der Waals surface area (Å²) in [4.78, 5) is 37.2. The number of pyridine rings is 1. The third-order valence-electron chi connectivity index (χ3n) is 5.27. The fraction of sp³-hybridized carbons (Fsp3) is 0.350. The van der Waals surface area contributed by atoms with Crippen LogP contribution in [-0.4, -0.2) is 52.4 Å². The molecule has 188 valence electrons. The van der Waals surface area contributed by atoms with Gasteiger partial charge in [-0.3, -0.25) is 9.32 Å². The van der Waals surface area contributed by atoms with Gasteiger partial charge in [-0.2, -0.15) is 5.10 Å². The van der Waals surface area contributed by atoms with E-state index in [1.54, 1.807) is 12.3 Å². The van der Waals surface area contributed by atoms with Gasteiger partial charge in [-0.25, -0.2) is 9.55 Å². The molecule has 1 aromatic carbocycles. The van der Waals surface area contributed by atoms with E-state index in [1.165, 1.54) is 18.3 Å². The predicted molar refractivity (Wildman–Crippen MR) is 118 cm³/mol. The Hall–Kier alpha value is -3.19. The van der Waals surface area contributed by atoms with E-state index in [2.05, 4.69) is 25.6 Å². The molecular weight excluding hydrogens is 494 g/mol. The molecule has 0 radical (unpaired) electrons. The molecule has 2 aliphatic heterocycles. The smallest absolute Gasteiger partial charge is 0.406 e. The van der Waals surface area contributed by atoms with Gasteiger partial charge in [0, 0.05) is 43.2 Å². The van der Waals surface area contributed by atoms with Gasteiger partial charge in [0.2, 0.25) is 0 Å². The van der Waals surface area contributed by atoms with E-state index >= 15 is 0 Å². The first kappa shape index (κ1) is 24.9. The summed E-state index contributed by atoms with van der Waals surface area (Å²) in [5.41, 5.74) is 4.05. The molecule has 2 aromatic rings.